The normalized spacial score (nSPS) is 15.9. The molecule has 1 aromatic heterocycles. The number of hydrogen-bond donors (Lipinski definition) is 0. The predicted octanol–water partition coefficient (Wildman–Crippen LogP) is 4.24. The van der Waals surface area contributed by atoms with Gasteiger partial charge in [0.05, 0.1) is 5.69 Å². The Morgan fingerprint density at radius 2 is 1.48 bits per heavy atom. The Balaban J connectivity index is 1.80. The van der Waals surface area contributed by atoms with Crippen LogP contribution >= 0.6 is 0 Å². The third kappa shape index (κ3) is 3.44. The Bertz CT molecular complexity index is 1230. The molecule has 0 N–H and O–H groups in total. The Kier molecular flexibility index (Phi) is 5.02. The van der Waals surface area contributed by atoms with E-state index in [-0.39, 0.29) is 11.4 Å². The second-order valence-electron chi connectivity index (χ2n) is 7.32. The zero-order valence-corrected chi connectivity index (χ0v) is 17.3. The Morgan fingerprint density at radius 3 is 2.13 bits per heavy atom. The lowest BCUT2D eigenvalue weighted by molar-refractivity contribution is -0.128. The van der Waals surface area contributed by atoms with E-state index in [0.29, 0.717) is 11.3 Å². The van der Waals surface area contributed by atoms with Crippen molar-refractivity contribution >= 4 is 29.6 Å². The molecular weight excluding hydrogens is 397 g/mol. The molecule has 3 aromatic rings. The number of aromatic nitrogens is 1. The molecule has 4 rings (SSSR count). The maximum Gasteiger partial charge on any atom is 0.338 e. The molecule has 1 aliphatic heterocycles. The molecule has 1 aliphatic rings. The van der Waals surface area contributed by atoms with Crippen LogP contribution in [0.3, 0.4) is 0 Å². The number of urea groups is 1. The van der Waals surface area contributed by atoms with Crippen LogP contribution in [0, 0.1) is 19.7 Å². The number of benzene rings is 2. The fourth-order valence-corrected chi connectivity index (χ4v) is 3.72. The number of barbiturate groups is 1. The largest absolute Gasteiger partial charge is 0.338 e. The number of carbonyl (C=O) groups is 3. The lowest BCUT2D eigenvalue weighted by Crippen LogP contribution is -2.55. The van der Waals surface area contributed by atoms with E-state index in [1.165, 1.54) is 25.3 Å². The van der Waals surface area contributed by atoms with Gasteiger partial charge in [0.25, 0.3) is 11.8 Å². The Hall–Kier alpha value is -4.00. The van der Waals surface area contributed by atoms with Gasteiger partial charge in [0, 0.05) is 24.1 Å². The summed E-state index contributed by atoms with van der Waals surface area (Å²) in [6, 6.07) is 15.7. The molecule has 0 spiro atoms. The fraction of sp³-hybridized carbons (Fsp3) is 0.125. The number of rotatable bonds is 3. The van der Waals surface area contributed by atoms with E-state index in [4.69, 9.17) is 0 Å². The highest BCUT2D eigenvalue weighted by molar-refractivity contribution is 6.39. The number of hydrogen-bond acceptors (Lipinski definition) is 3. The van der Waals surface area contributed by atoms with E-state index in [1.54, 1.807) is 42.5 Å². The average molecular weight is 417 g/mol. The van der Waals surface area contributed by atoms with Crippen molar-refractivity contribution in [2.45, 2.75) is 13.8 Å². The number of imide groups is 2. The summed E-state index contributed by atoms with van der Waals surface area (Å²) >= 11 is 0. The lowest BCUT2D eigenvalue weighted by Gasteiger charge is -2.31. The number of para-hydroxylation sites is 1. The fourth-order valence-electron chi connectivity index (χ4n) is 3.72. The first-order valence-corrected chi connectivity index (χ1v) is 9.67. The molecule has 0 atom stereocenters. The van der Waals surface area contributed by atoms with Gasteiger partial charge in [-0.1, -0.05) is 18.2 Å². The molecule has 156 valence electrons. The van der Waals surface area contributed by atoms with E-state index in [0.717, 1.165) is 26.9 Å². The minimum atomic E-state index is -0.699. The molecule has 0 bridgehead atoms. The Labute approximate surface area is 178 Å². The maximum atomic E-state index is 13.3. The predicted molar refractivity (Wildman–Crippen MR) is 115 cm³/mol. The van der Waals surface area contributed by atoms with Gasteiger partial charge in [-0.25, -0.2) is 14.1 Å². The van der Waals surface area contributed by atoms with Crippen LogP contribution in [0.1, 0.15) is 17.0 Å². The van der Waals surface area contributed by atoms with Gasteiger partial charge in [0.15, 0.2) is 0 Å². The molecule has 0 unspecified atom stereocenters. The van der Waals surface area contributed by atoms with Gasteiger partial charge in [0.1, 0.15) is 11.4 Å². The molecule has 1 fully saturated rings. The monoisotopic (exact) mass is 417 g/mol. The molecule has 0 radical (unpaired) electrons. The lowest BCUT2D eigenvalue weighted by atomic mass is 10.1. The minimum Gasteiger partial charge on any atom is -0.318 e. The highest BCUT2D eigenvalue weighted by Gasteiger charge is 2.41. The standard InChI is InChI=1S/C24H20FN3O3/c1-15-13-17(16(2)27(15)20-11-9-18(25)10-12-20)14-21-22(29)26(3)24(31)28(23(21)30)19-7-5-4-6-8-19/h4-14H,1-3H3/b21-14+. The number of anilines is 1. The van der Waals surface area contributed by atoms with Crippen molar-refractivity contribution in [3.63, 3.8) is 0 Å². The highest BCUT2D eigenvalue weighted by Crippen LogP contribution is 2.28. The third-order valence-corrected chi connectivity index (χ3v) is 5.32. The summed E-state index contributed by atoms with van der Waals surface area (Å²) in [6.07, 6.45) is 1.51. The smallest absolute Gasteiger partial charge is 0.318 e. The zero-order valence-electron chi connectivity index (χ0n) is 17.3. The Morgan fingerprint density at radius 1 is 0.839 bits per heavy atom. The number of aryl methyl sites for hydroxylation is 1. The van der Waals surface area contributed by atoms with E-state index in [9.17, 15) is 18.8 Å². The second-order valence-corrected chi connectivity index (χ2v) is 7.32. The van der Waals surface area contributed by atoms with Gasteiger partial charge >= 0.3 is 6.03 Å². The summed E-state index contributed by atoms with van der Waals surface area (Å²) in [5, 5.41) is 0. The van der Waals surface area contributed by atoms with Gasteiger partial charge in [-0.05, 0) is 68.0 Å². The second kappa shape index (κ2) is 7.68. The summed E-state index contributed by atoms with van der Waals surface area (Å²) < 4.78 is 15.2. The molecule has 7 heteroatoms. The van der Waals surface area contributed by atoms with Crippen LogP contribution in [-0.4, -0.2) is 34.4 Å². The molecule has 2 heterocycles. The van der Waals surface area contributed by atoms with E-state index in [2.05, 4.69) is 0 Å². The first kappa shape index (κ1) is 20.3. The van der Waals surface area contributed by atoms with Crippen molar-refractivity contribution in [2.24, 2.45) is 0 Å². The van der Waals surface area contributed by atoms with Crippen LogP contribution in [0.25, 0.3) is 11.8 Å². The number of halogens is 1. The van der Waals surface area contributed by atoms with Crippen molar-refractivity contribution in [3.05, 3.63) is 89.0 Å². The molecule has 1 saturated heterocycles. The number of likely N-dealkylation sites (N-methyl/N-ethyl adjacent to an activating group) is 1. The zero-order chi connectivity index (χ0) is 22.3. The molecule has 2 aromatic carbocycles. The van der Waals surface area contributed by atoms with E-state index >= 15 is 0 Å². The number of amides is 4. The molecule has 4 amide bonds. The van der Waals surface area contributed by atoms with Gasteiger partial charge in [-0.15, -0.1) is 0 Å². The van der Waals surface area contributed by atoms with Crippen LogP contribution in [0.5, 0.6) is 0 Å². The quantitative estimate of drug-likeness (QED) is 0.473. The highest BCUT2D eigenvalue weighted by atomic mass is 19.1. The van der Waals surface area contributed by atoms with Crippen molar-refractivity contribution in [1.82, 2.24) is 9.47 Å². The topological polar surface area (TPSA) is 62.6 Å². The van der Waals surface area contributed by atoms with Crippen LogP contribution < -0.4 is 4.90 Å². The summed E-state index contributed by atoms with van der Waals surface area (Å²) in [5.41, 5.74) is 3.35. The van der Waals surface area contributed by atoms with Crippen LogP contribution in [-0.2, 0) is 9.59 Å². The van der Waals surface area contributed by atoms with Crippen LogP contribution in [0.4, 0.5) is 14.9 Å². The maximum absolute atomic E-state index is 13.3. The van der Waals surface area contributed by atoms with Crippen molar-refractivity contribution < 1.29 is 18.8 Å². The molecular formula is C24H20FN3O3. The average Bonchev–Trinajstić information content (AvgIpc) is 3.04. The SMILES string of the molecule is Cc1cc(/C=C2\C(=O)N(C)C(=O)N(c3ccccc3)C2=O)c(C)n1-c1ccc(F)cc1. The number of nitrogens with zero attached hydrogens (tertiary/aromatic N) is 3. The van der Waals surface area contributed by atoms with Crippen molar-refractivity contribution in [3.8, 4) is 5.69 Å². The summed E-state index contributed by atoms with van der Waals surface area (Å²) in [6.45, 7) is 3.74. The summed E-state index contributed by atoms with van der Waals surface area (Å²) in [7, 11) is 1.35. The summed E-state index contributed by atoms with van der Waals surface area (Å²) in [4.78, 5) is 40.5. The first-order valence-electron chi connectivity index (χ1n) is 9.67. The molecule has 6 nitrogen and oxygen atoms in total. The molecule has 0 aliphatic carbocycles. The van der Waals surface area contributed by atoms with E-state index in [1.807, 2.05) is 24.5 Å². The van der Waals surface area contributed by atoms with Gasteiger partial charge in [-0.3, -0.25) is 14.5 Å². The van der Waals surface area contributed by atoms with Crippen LogP contribution in [0.2, 0.25) is 0 Å². The molecule has 0 saturated carbocycles. The van der Waals surface area contributed by atoms with Crippen molar-refractivity contribution in [1.29, 1.82) is 0 Å². The number of carbonyl (C=O) groups excluding carboxylic acids is 3. The van der Waals surface area contributed by atoms with Crippen LogP contribution in [0.15, 0.2) is 66.2 Å². The van der Waals surface area contributed by atoms with Gasteiger partial charge in [0.2, 0.25) is 0 Å². The van der Waals surface area contributed by atoms with E-state index < -0.39 is 17.8 Å². The van der Waals surface area contributed by atoms with Gasteiger partial charge < -0.3 is 4.57 Å². The first-order chi connectivity index (χ1) is 14.8. The summed E-state index contributed by atoms with van der Waals surface area (Å²) in [5.74, 6) is -1.67. The molecule has 31 heavy (non-hydrogen) atoms. The van der Waals surface area contributed by atoms with Crippen molar-refractivity contribution in [2.75, 3.05) is 11.9 Å². The minimum absolute atomic E-state index is 0.106. The third-order valence-electron chi connectivity index (χ3n) is 5.32. The van der Waals surface area contributed by atoms with Gasteiger partial charge in [-0.2, -0.15) is 0 Å².